The number of aromatic nitrogens is 1. The molecule has 36 heavy (non-hydrogen) atoms. The predicted molar refractivity (Wildman–Crippen MR) is 146 cm³/mol. The fourth-order valence-electron chi connectivity index (χ4n) is 6.48. The first-order chi connectivity index (χ1) is 17.6. The minimum atomic E-state index is -0.0439. The number of hydrogen-bond acceptors (Lipinski definition) is 2. The van der Waals surface area contributed by atoms with Crippen molar-refractivity contribution in [1.82, 2.24) is 9.88 Å². The van der Waals surface area contributed by atoms with Crippen molar-refractivity contribution in [3.8, 4) is 6.07 Å². The maximum atomic E-state index is 13.4. The molecule has 1 heterocycles. The van der Waals surface area contributed by atoms with Gasteiger partial charge in [0.05, 0.1) is 11.6 Å². The average Bonchev–Trinajstić information content (AvgIpc) is 3.25. The molecule has 1 unspecified atom stereocenters. The van der Waals surface area contributed by atoms with Crippen molar-refractivity contribution >= 4 is 16.8 Å². The standard InChI is InChI=1S/C32H39N3O/c1-23-9-8-12-26(17-23)28(19-32(36)34-27-13-6-3-7-14-27)30-22-35(21-24-10-4-2-5-11-24)31-16-15-25(20-33)18-29(30)31/h8-9,12,15-18,22,24,27-28H,2-7,10-11,13-14,19,21H2,1H3,(H,34,36). The van der Waals surface area contributed by atoms with Crippen LogP contribution < -0.4 is 5.32 Å². The molecule has 5 rings (SSSR count). The lowest BCUT2D eigenvalue weighted by Gasteiger charge is -2.24. The van der Waals surface area contributed by atoms with E-state index in [4.69, 9.17) is 0 Å². The first-order valence-electron chi connectivity index (χ1n) is 14.0. The number of rotatable bonds is 7. The molecule has 2 fully saturated rings. The zero-order chi connectivity index (χ0) is 24.9. The van der Waals surface area contributed by atoms with Gasteiger partial charge in [-0.3, -0.25) is 4.79 Å². The first kappa shape index (κ1) is 24.6. The molecule has 1 atom stereocenters. The lowest BCUT2D eigenvalue weighted by atomic mass is 9.86. The predicted octanol–water partition coefficient (Wildman–Crippen LogP) is 7.37. The fourth-order valence-corrected chi connectivity index (χ4v) is 6.48. The van der Waals surface area contributed by atoms with Crippen LogP contribution in [0.3, 0.4) is 0 Å². The second kappa shape index (κ2) is 11.3. The molecule has 4 heteroatoms. The van der Waals surface area contributed by atoms with E-state index in [1.54, 1.807) is 0 Å². The third-order valence-corrected chi connectivity index (χ3v) is 8.40. The molecule has 2 aliphatic carbocycles. The number of benzene rings is 2. The molecule has 1 aromatic heterocycles. The van der Waals surface area contributed by atoms with Crippen LogP contribution in [0.1, 0.15) is 98.8 Å². The van der Waals surface area contributed by atoms with Crippen LogP contribution in [0, 0.1) is 24.2 Å². The molecule has 0 bridgehead atoms. The van der Waals surface area contributed by atoms with Crippen LogP contribution in [-0.4, -0.2) is 16.5 Å². The molecule has 0 spiro atoms. The van der Waals surface area contributed by atoms with Crippen molar-refractivity contribution in [1.29, 1.82) is 5.26 Å². The number of nitrogens with one attached hydrogen (secondary N) is 1. The number of carbonyl (C=O) groups excluding carboxylic acids is 1. The Labute approximate surface area is 215 Å². The number of hydrogen-bond donors (Lipinski definition) is 1. The van der Waals surface area contributed by atoms with E-state index in [0.717, 1.165) is 24.8 Å². The van der Waals surface area contributed by atoms with Gasteiger partial charge in [-0.05, 0) is 67.9 Å². The molecule has 0 aliphatic heterocycles. The van der Waals surface area contributed by atoms with Gasteiger partial charge in [0, 0.05) is 42.0 Å². The molecule has 0 radical (unpaired) electrons. The summed E-state index contributed by atoms with van der Waals surface area (Å²) in [6, 6.07) is 17.3. The minimum absolute atomic E-state index is 0.0439. The average molecular weight is 482 g/mol. The quantitative estimate of drug-likeness (QED) is 0.383. The Hall–Kier alpha value is -3.06. The Bertz CT molecular complexity index is 1240. The van der Waals surface area contributed by atoms with E-state index in [1.165, 1.54) is 73.6 Å². The number of nitrogens with zero attached hydrogens (tertiary/aromatic N) is 2. The van der Waals surface area contributed by atoms with Crippen molar-refractivity contribution in [3.05, 3.63) is 70.9 Å². The third kappa shape index (κ3) is 5.67. The maximum absolute atomic E-state index is 13.4. The van der Waals surface area contributed by atoms with Crippen LogP contribution >= 0.6 is 0 Å². The smallest absolute Gasteiger partial charge is 0.221 e. The van der Waals surface area contributed by atoms with Crippen LogP contribution in [0.5, 0.6) is 0 Å². The van der Waals surface area contributed by atoms with Gasteiger partial charge in [-0.1, -0.05) is 68.4 Å². The summed E-state index contributed by atoms with van der Waals surface area (Å²) in [7, 11) is 0. The monoisotopic (exact) mass is 481 g/mol. The zero-order valence-corrected chi connectivity index (χ0v) is 21.6. The summed E-state index contributed by atoms with van der Waals surface area (Å²) in [5.41, 5.74) is 5.40. The first-order valence-corrected chi connectivity index (χ1v) is 14.0. The molecule has 1 N–H and O–H groups in total. The highest BCUT2D eigenvalue weighted by Crippen LogP contribution is 2.37. The Kier molecular flexibility index (Phi) is 7.75. The highest BCUT2D eigenvalue weighted by atomic mass is 16.1. The van der Waals surface area contributed by atoms with E-state index < -0.39 is 0 Å². The molecule has 188 valence electrons. The van der Waals surface area contributed by atoms with Crippen LogP contribution in [0.4, 0.5) is 0 Å². The van der Waals surface area contributed by atoms with Gasteiger partial charge in [0.25, 0.3) is 0 Å². The zero-order valence-electron chi connectivity index (χ0n) is 21.6. The maximum Gasteiger partial charge on any atom is 0.221 e. The Morgan fingerprint density at radius 3 is 2.50 bits per heavy atom. The van der Waals surface area contributed by atoms with Crippen molar-refractivity contribution in [2.75, 3.05) is 0 Å². The van der Waals surface area contributed by atoms with Gasteiger partial charge in [0.15, 0.2) is 0 Å². The van der Waals surface area contributed by atoms with Crippen molar-refractivity contribution in [3.63, 3.8) is 0 Å². The minimum Gasteiger partial charge on any atom is -0.353 e. The summed E-state index contributed by atoms with van der Waals surface area (Å²) in [4.78, 5) is 13.4. The highest BCUT2D eigenvalue weighted by Gasteiger charge is 2.26. The molecule has 2 saturated carbocycles. The summed E-state index contributed by atoms with van der Waals surface area (Å²) in [5, 5.41) is 14.1. The van der Waals surface area contributed by atoms with E-state index in [-0.39, 0.29) is 11.8 Å². The molecule has 1 amide bonds. The topological polar surface area (TPSA) is 57.8 Å². The van der Waals surface area contributed by atoms with Crippen LogP contribution in [0.15, 0.2) is 48.7 Å². The van der Waals surface area contributed by atoms with Crippen molar-refractivity contribution in [2.24, 2.45) is 5.92 Å². The molecular formula is C32H39N3O. The molecular weight excluding hydrogens is 442 g/mol. The van der Waals surface area contributed by atoms with Crippen LogP contribution in [-0.2, 0) is 11.3 Å². The van der Waals surface area contributed by atoms with Gasteiger partial charge in [-0.2, -0.15) is 5.26 Å². The van der Waals surface area contributed by atoms with Crippen molar-refractivity contribution < 1.29 is 4.79 Å². The van der Waals surface area contributed by atoms with Gasteiger partial charge in [-0.15, -0.1) is 0 Å². The van der Waals surface area contributed by atoms with E-state index in [9.17, 15) is 10.1 Å². The largest absolute Gasteiger partial charge is 0.353 e. The number of fused-ring (bicyclic) bond motifs is 1. The molecule has 2 aliphatic rings. The van der Waals surface area contributed by atoms with Gasteiger partial charge in [-0.25, -0.2) is 0 Å². The Balaban J connectivity index is 1.53. The summed E-state index contributed by atoms with van der Waals surface area (Å²) >= 11 is 0. The van der Waals surface area contributed by atoms with E-state index in [1.807, 2.05) is 12.1 Å². The molecule has 3 aromatic rings. The van der Waals surface area contributed by atoms with Gasteiger partial charge in [0.1, 0.15) is 0 Å². The Morgan fingerprint density at radius 2 is 1.78 bits per heavy atom. The lowest BCUT2D eigenvalue weighted by Crippen LogP contribution is -2.36. The van der Waals surface area contributed by atoms with Gasteiger partial charge < -0.3 is 9.88 Å². The summed E-state index contributed by atoms with van der Waals surface area (Å²) < 4.78 is 2.41. The number of carbonyl (C=O) groups is 1. The van der Waals surface area contributed by atoms with E-state index >= 15 is 0 Å². The summed E-state index contributed by atoms with van der Waals surface area (Å²) in [5.74, 6) is 0.792. The van der Waals surface area contributed by atoms with Crippen LogP contribution in [0.2, 0.25) is 0 Å². The second-order valence-electron chi connectivity index (χ2n) is 11.2. The van der Waals surface area contributed by atoms with Gasteiger partial charge in [0.2, 0.25) is 5.91 Å². The molecule has 0 saturated heterocycles. The number of aryl methyl sites for hydroxylation is 1. The second-order valence-corrected chi connectivity index (χ2v) is 11.2. The SMILES string of the molecule is Cc1cccc(C(CC(=O)NC2CCCCC2)c2cn(CC3CCCCC3)c3ccc(C#N)cc23)c1. The molecule has 2 aromatic carbocycles. The molecule has 4 nitrogen and oxygen atoms in total. The summed E-state index contributed by atoms with van der Waals surface area (Å²) in [6.45, 7) is 3.13. The fraction of sp³-hybridized carbons (Fsp3) is 0.500. The Morgan fingerprint density at radius 1 is 1.03 bits per heavy atom. The lowest BCUT2D eigenvalue weighted by molar-refractivity contribution is -0.122. The van der Waals surface area contributed by atoms with Gasteiger partial charge >= 0.3 is 0 Å². The summed E-state index contributed by atoms with van der Waals surface area (Å²) in [6.07, 6.45) is 15.2. The van der Waals surface area contributed by atoms with E-state index in [0.29, 0.717) is 23.9 Å². The third-order valence-electron chi connectivity index (χ3n) is 8.40. The van der Waals surface area contributed by atoms with Crippen molar-refractivity contribution in [2.45, 2.75) is 96.1 Å². The van der Waals surface area contributed by atoms with Crippen LogP contribution in [0.25, 0.3) is 10.9 Å². The number of amides is 1. The highest BCUT2D eigenvalue weighted by molar-refractivity contribution is 5.88. The number of nitriles is 1. The van der Waals surface area contributed by atoms with E-state index in [2.05, 4.69) is 59.4 Å². The normalized spacial score (nSPS) is 18.1.